The third kappa shape index (κ3) is 3.89. The van der Waals surface area contributed by atoms with Crippen molar-refractivity contribution in [3.63, 3.8) is 0 Å². The summed E-state index contributed by atoms with van der Waals surface area (Å²) in [6.07, 6.45) is -1.18. The molecular formula is C23H24N4O5. The number of hydrogen-bond acceptors (Lipinski definition) is 5. The van der Waals surface area contributed by atoms with E-state index in [0.717, 1.165) is 4.90 Å². The largest absolute Gasteiger partial charge is 0.442 e. The zero-order valence-corrected chi connectivity index (χ0v) is 17.9. The van der Waals surface area contributed by atoms with Crippen LogP contribution in [0.15, 0.2) is 48.5 Å². The third-order valence-corrected chi connectivity index (χ3v) is 5.62. The predicted octanol–water partition coefficient (Wildman–Crippen LogP) is 3.18. The monoisotopic (exact) mass is 436 g/mol. The van der Waals surface area contributed by atoms with Gasteiger partial charge in [-0.3, -0.25) is 19.4 Å². The van der Waals surface area contributed by atoms with Crippen molar-refractivity contribution < 1.29 is 23.9 Å². The van der Waals surface area contributed by atoms with Crippen LogP contribution >= 0.6 is 0 Å². The van der Waals surface area contributed by atoms with Crippen LogP contribution in [0.5, 0.6) is 0 Å². The van der Waals surface area contributed by atoms with Gasteiger partial charge in [-0.25, -0.2) is 9.59 Å². The highest BCUT2D eigenvalue weighted by atomic mass is 16.6. The van der Waals surface area contributed by atoms with Crippen molar-refractivity contribution in [2.75, 3.05) is 36.4 Å². The van der Waals surface area contributed by atoms with Gasteiger partial charge in [-0.15, -0.1) is 0 Å². The van der Waals surface area contributed by atoms with Gasteiger partial charge in [0.25, 0.3) is 11.8 Å². The molecule has 2 aromatic rings. The number of anilines is 2. The second-order valence-electron chi connectivity index (χ2n) is 7.53. The first-order valence-electron chi connectivity index (χ1n) is 10.5. The maximum absolute atomic E-state index is 12.6. The lowest BCUT2D eigenvalue weighted by atomic mass is 10.1. The number of benzene rings is 2. The normalized spacial score (nSPS) is 17.4. The molecule has 0 aromatic heterocycles. The Bertz CT molecular complexity index is 1030. The van der Waals surface area contributed by atoms with Crippen LogP contribution in [0.2, 0.25) is 0 Å². The SMILES string of the molecule is CCN(CC)C(=O)Nc1ccc(N2C[C@H](CN3C(=O)c4ccccc4C3=O)OC2=O)cc1. The summed E-state index contributed by atoms with van der Waals surface area (Å²) in [5.74, 6) is -0.762. The summed E-state index contributed by atoms with van der Waals surface area (Å²) >= 11 is 0. The van der Waals surface area contributed by atoms with Crippen LogP contribution in [0.4, 0.5) is 21.0 Å². The van der Waals surface area contributed by atoms with Crippen LogP contribution in [0, 0.1) is 0 Å². The van der Waals surface area contributed by atoms with Crippen molar-refractivity contribution in [1.29, 1.82) is 0 Å². The summed E-state index contributed by atoms with van der Waals surface area (Å²) in [6, 6.07) is 13.3. The quantitative estimate of drug-likeness (QED) is 0.701. The molecule has 166 valence electrons. The molecule has 2 aliphatic rings. The van der Waals surface area contributed by atoms with Crippen LogP contribution in [0.1, 0.15) is 34.6 Å². The van der Waals surface area contributed by atoms with Gasteiger partial charge in [-0.2, -0.15) is 0 Å². The Balaban J connectivity index is 1.40. The minimum atomic E-state index is -0.633. The fraction of sp³-hybridized carbons (Fsp3) is 0.304. The highest BCUT2D eigenvalue weighted by Gasteiger charge is 2.40. The van der Waals surface area contributed by atoms with E-state index in [2.05, 4.69) is 5.32 Å². The molecule has 5 amide bonds. The first-order valence-corrected chi connectivity index (χ1v) is 10.5. The van der Waals surface area contributed by atoms with Crippen molar-refractivity contribution >= 4 is 35.3 Å². The Morgan fingerprint density at radius 1 is 1.00 bits per heavy atom. The zero-order valence-electron chi connectivity index (χ0n) is 17.9. The van der Waals surface area contributed by atoms with Gasteiger partial charge in [-0.05, 0) is 50.2 Å². The van der Waals surface area contributed by atoms with Crippen LogP contribution in [-0.4, -0.2) is 66.0 Å². The molecule has 1 fully saturated rings. The van der Waals surface area contributed by atoms with E-state index >= 15 is 0 Å². The molecule has 0 aliphatic carbocycles. The summed E-state index contributed by atoms with van der Waals surface area (Å²) < 4.78 is 5.41. The maximum atomic E-state index is 12.6. The fourth-order valence-electron chi connectivity index (χ4n) is 3.87. The molecule has 1 atom stereocenters. The third-order valence-electron chi connectivity index (χ3n) is 5.62. The topological polar surface area (TPSA) is 99.3 Å². The number of imide groups is 1. The number of carbonyl (C=O) groups excluding carboxylic acids is 4. The molecule has 2 aliphatic heterocycles. The number of amides is 5. The molecule has 9 heteroatoms. The Labute approximate surface area is 185 Å². The van der Waals surface area contributed by atoms with E-state index in [1.165, 1.54) is 4.90 Å². The second-order valence-corrected chi connectivity index (χ2v) is 7.53. The Hall–Kier alpha value is -3.88. The van der Waals surface area contributed by atoms with Gasteiger partial charge >= 0.3 is 12.1 Å². The number of nitrogens with one attached hydrogen (secondary N) is 1. The van der Waals surface area contributed by atoms with E-state index in [1.54, 1.807) is 53.4 Å². The molecule has 4 rings (SSSR count). The van der Waals surface area contributed by atoms with E-state index < -0.39 is 12.2 Å². The van der Waals surface area contributed by atoms with Crippen LogP contribution in [-0.2, 0) is 4.74 Å². The Morgan fingerprint density at radius 3 is 2.16 bits per heavy atom. The number of urea groups is 1. The van der Waals surface area contributed by atoms with E-state index in [1.807, 2.05) is 13.8 Å². The lowest BCUT2D eigenvalue weighted by Crippen LogP contribution is -2.38. The number of hydrogen-bond donors (Lipinski definition) is 1. The van der Waals surface area contributed by atoms with Crippen molar-refractivity contribution in [1.82, 2.24) is 9.80 Å². The van der Waals surface area contributed by atoms with Gasteiger partial charge in [0.05, 0.1) is 24.2 Å². The van der Waals surface area contributed by atoms with Crippen LogP contribution < -0.4 is 10.2 Å². The molecule has 0 saturated carbocycles. The molecular weight excluding hydrogens is 412 g/mol. The standard InChI is InChI=1S/C23H24N4O5/c1-3-25(4-2)22(30)24-15-9-11-16(12-10-15)26-13-17(32-23(26)31)14-27-20(28)18-7-5-6-8-19(18)21(27)29/h5-12,17H,3-4,13-14H2,1-2H3,(H,24,30)/t17-/m1/s1. The average molecular weight is 436 g/mol. The van der Waals surface area contributed by atoms with Crippen molar-refractivity contribution in [3.05, 3.63) is 59.7 Å². The van der Waals surface area contributed by atoms with Crippen molar-refractivity contribution in [2.45, 2.75) is 20.0 Å². The highest BCUT2D eigenvalue weighted by Crippen LogP contribution is 2.27. The smallest absolute Gasteiger partial charge is 0.414 e. The van der Waals surface area contributed by atoms with E-state index in [-0.39, 0.29) is 30.9 Å². The van der Waals surface area contributed by atoms with Gasteiger partial charge in [0.1, 0.15) is 6.10 Å². The maximum Gasteiger partial charge on any atom is 0.414 e. The van der Waals surface area contributed by atoms with E-state index in [4.69, 9.17) is 4.74 Å². The lowest BCUT2D eigenvalue weighted by molar-refractivity contribution is 0.0558. The number of fused-ring (bicyclic) bond motifs is 1. The average Bonchev–Trinajstić information content (AvgIpc) is 3.28. The summed E-state index contributed by atoms with van der Waals surface area (Å²) in [7, 11) is 0. The molecule has 2 aromatic carbocycles. The molecule has 9 nitrogen and oxygen atoms in total. The number of rotatable bonds is 6. The van der Waals surface area contributed by atoms with E-state index in [0.29, 0.717) is 35.6 Å². The van der Waals surface area contributed by atoms with Crippen molar-refractivity contribution in [2.24, 2.45) is 0 Å². The summed E-state index contributed by atoms with van der Waals surface area (Å²) in [5, 5.41) is 2.82. The molecule has 0 spiro atoms. The fourth-order valence-corrected chi connectivity index (χ4v) is 3.87. The Morgan fingerprint density at radius 2 is 1.59 bits per heavy atom. The number of ether oxygens (including phenoxy) is 1. The predicted molar refractivity (Wildman–Crippen MR) is 118 cm³/mol. The second kappa shape index (κ2) is 8.70. The van der Waals surface area contributed by atoms with Gasteiger partial charge in [0.2, 0.25) is 0 Å². The van der Waals surface area contributed by atoms with Gasteiger partial charge in [-0.1, -0.05) is 12.1 Å². The van der Waals surface area contributed by atoms with Gasteiger partial charge in [0.15, 0.2) is 0 Å². The van der Waals surface area contributed by atoms with Gasteiger partial charge < -0.3 is 15.0 Å². The first kappa shape index (κ1) is 21.4. The van der Waals surface area contributed by atoms with Gasteiger partial charge in [0, 0.05) is 24.5 Å². The molecule has 2 heterocycles. The summed E-state index contributed by atoms with van der Waals surface area (Å²) in [6.45, 7) is 5.22. The molecule has 0 bridgehead atoms. The van der Waals surface area contributed by atoms with Crippen LogP contribution in [0.25, 0.3) is 0 Å². The minimum Gasteiger partial charge on any atom is -0.442 e. The summed E-state index contributed by atoms with van der Waals surface area (Å²) in [5.41, 5.74) is 1.93. The minimum absolute atomic E-state index is 0.00734. The highest BCUT2D eigenvalue weighted by molar-refractivity contribution is 6.21. The Kier molecular flexibility index (Phi) is 5.81. The molecule has 32 heavy (non-hydrogen) atoms. The van der Waals surface area contributed by atoms with Crippen LogP contribution in [0.3, 0.4) is 0 Å². The number of cyclic esters (lactones) is 1. The zero-order chi connectivity index (χ0) is 22.8. The first-order chi connectivity index (χ1) is 15.4. The van der Waals surface area contributed by atoms with Crippen molar-refractivity contribution in [3.8, 4) is 0 Å². The lowest BCUT2D eigenvalue weighted by Gasteiger charge is -2.20. The summed E-state index contributed by atoms with van der Waals surface area (Å²) in [4.78, 5) is 53.9. The number of carbonyl (C=O) groups is 4. The number of nitrogens with zero attached hydrogens (tertiary/aromatic N) is 3. The molecule has 1 N–H and O–H groups in total. The molecule has 1 saturated heterocycles. The molecule has 0 radical (unpaired) electrons. The van der Waals surface area contributed by atoms with E-state index in [9.17, 15) is 19.2 Å². The molecule has 0 unspecified atom stereocenters.